The number of piperazine rings is 1. The van der Waals surface area contributed by atoms with E-state index in [2.05, 4.69) is 0 Å². The van der Waals surface area contributed by atoms with Gasteiger partial charge in [0, 0.05) is 36.9 Å². The fourth-order valence-corrected chi connectivity index (χ4v) is 4.19. The standard InChI is InChI=1S/C16H15ClF2N2O2S/c17-12-1-3-13(4-2-12)20-7-9-21(10-8-20)24(22,23)14-5-6-15(18)16(19)11-14/h1-6,11H,7-10H2. The van der Waals surface area contributed by atoms with Crippen LogP contribution in [0.3, 0.4) is 0 Å². The molecule has 3 rings (SSSR count). The minimum atomic E-state index is -3.83. The SMILES string of the molecule is O=S(=O)(c1ccc(F)c(F)c1)N1CCN(c2ccc(Cl)cc2)CC1. The number of hydrogen-bond acceptors (Lipinski definition) is 3. The van der Waals surface area contributed by atoms with Crippen LogP contribution in [0.25, 0.3) is 0 Å². The molecule has 2 aromatic carbocycles. The minimum absolute atomic E-state index is 0.235. The Morgan fingerprint density at radius 3 is 2.08 bits per heavy atom. The van der Waals surface area contributed by atoms with Gasteiger partial charge in [-0.3, -0.25) is 0 Å². The third-order valence-electron chi connectivity index (χ3n) is 3.96. The number of hydrogen-bond donors (Lipinski definition) is 0. The van der Waals surface area contributed by atoms with E-state index < -0.39 is 21.7 Å². The number of nitrogens with zero attached hydrogens (tertiary/aromatic N) is 2. The van der Waals surface area contributed by atoms with E-state index in [-0.39, 0.29) is 18.0 Å². The van der Waals surface area contributed by atoms with E-state index in [1.165, 1.54) is 4.31 Å². The lowest BCUT2D eigenvalue weighted by Crippen LogP contribution is -2.48. The molecule has 1 aliphatic rings. The lowest BCUT2D eigenvalue weighted by molar-refractivity contribution is 0.384. The molecule has 1 aliphatic heterocycles. The van der Waals surface area contributed by atoms with Gasteiger partial charge in [0.15, 0.2) is 11.6 Å². The molecule has 0 bridgehead atoms. The summed E-state index contributed by atoms with van der Waals surface area (Å²) in [5.74, 6) is -2.24. The topological polar surface area (TPSA) is 40.6 Å². The number of rotatable bonds is 3. The molecule has 0 spiro atoms. The molecule has 0 atom stereocenters. The predicted octanol–water partition coefficient (Wildman–Crippen LogP) is 3.13. The molecule has 2 aromatic rings. The van der Waals surface area contributed by atoms with Crippen LogP contribution < -0.4 is 4.90 Å². The van der Waals surface area contributed by atoms with E-state index in [9.17, 15) is 17.2 Å². The maximum Gasteiger partial charge on any atom is 0.243 e. The first-order valence-electron chi connectivity index (χ1n) is 7.33. The molecule has 1 fully saturated rings. The van der Waals surface area contributed by atoms with Crippen LogP contribution in [0.15, 0.2) is 47.4 Å². The first kappa shape index (κ1) is 17.1. The first-order valence-corrected chi connectivity index (χ1v) is 9.15. The summed E-state index contributed by atoms with van der Waals surface area (Å²) >= 11 is 5.86. The van der Waals surface area contributed by atoms with E-state index in [4.69, 9.17) is 11.6 Å². The number of halogens is 3. The van der Waals surface area contributed by atoms with Crippen LogP contribution >= 0.6 is 11.6 Å². The number of anilines is 1. The molecule has 0 N–H and O–H groups in total. The summed E-state index contributed by atoms with van der Waals surface area (Å²) in [5, 5.41) is 0.637. The van der Waals surface area contributed by atoms with Crippen LogP contribution in [0.5, 0.6) is 0 Å². The van der Waals surface area contributed by atoms with Crippen molar-refractivity contribution in [1.82, 2.24) is 4.31 Å². The molecular formula is C16H15ClF2N2O2S. The zero-order valence-electron chi connectivity index (χ0n) is 12.6. The molecule has 1 saturated heterocycles. The van der Waals surface area contributed by atoms with Gasteiger partial charge in [-0.05, 0) is 42.5 Å². The highest BCUT2D eigenvalue weighted by Crippen LogP contribution is 2.23. The van der Waals surface area contributed by atoms with E-state index in [0.717, 1.165) is 23.9 Å². The predicted molar refractivity (Wildman–Crippen MR) is 88.8 cm³/mol. The van der Waals surface area contributed by atoms with E-state index in [1.807, 2.05) is 17.0 Å². The van der Waals surface area contributed by atoms with Crippen molar-refractivity contribution >= 4 is 27.3 Å². The van der Waals surface area contributed by atoms with Crippen molar-refractivity contribution < 1.29 is 17.2 Å². The van der Waals surface area contributed by atoms with Gasteiger partial charge in [-0.2, -0.15) is 4.31 Å². The Balaban J connectivity index is 1.73. The van der Waals surface area contributed by atoms with E-state index >= 15 is 0 Å². The van der Waals surface area contributed by atoms with Gasteiger partial charge in [0.25, 0.3) is 0 Å². The van der Waals surface area contributed by atoms with Crippen LogP contribution in [-0.2, 0) is 10.0 Å². The van der Waals surface area contributed by atoms with Crippen molar-refractivity contribution in [2.24, 2.45) is 0 Å². The van der Waals surface area contributed by atoms with Crippen LogP contribution in [-0.4, -0.2) is 38.9 Å². The molecule has 0 radical (unpaired) electrons. The van der Waals surface area contributed by atoms with Crippen LogP contribution in [0, 0.1) is 11.6 Å². The monoisotopic (exact) mass is 372 g/mol. The Kier molecular flexibility index (Phi) is 4.76. The second-order valence-corrected chi connectivity index (χ2v) is 7.82. The normalized spacial score (nSPS) is 16.4. The van der Waals surface area contributed by atoms with Crippen molar-refractivity contribution in [1.29, 1.82) is 0 Å². The lowest BCUT2D eigenvalue weighted by atomic mass is 10.2. The second kappa shape index (κ2) is 6.66. The quantitative estimate of drug-likeness (QED) is 0.831. The summed E-state index contributed by atoms with van der Waals surface area (Å²) in [5.41, 5.74) is 0.962. The smallest absolute Gasteiger partial charge is 0.243 e. The molecule has 4 nitrogen and oxygen atoms in total. The molecule has 24 heavy (non-hydrogen) atoms. The molecule has 128 valence electrons. The second-order valence-electron chi connectivity index (χ2n) is 5.44. The molecule has 0 amide bonds. The summed E-state index contributed by atoms with van der Waals surface area (Å²) in [7, 11) is -3.83. The van der Waals surface area contributed by atoms with E-state index in [1.54, 1.807) is 12.1 Å². The summed E-state index contributed by atoms with van der Waals surface area (Å²) in [6.45, 7) is 1.54. The maximum atomic E-state index is 13.3. The van der Waals surface area contributed by atoms with E-state index in [0.29, 0.717) is 18.1 Å². The summed E-state index contributed by atoms with van der Waals surface area (Å²) < 4.78 is 52.7. The van der Waals surface area contributed by atoms with Gasteiger partial charge in [-0.1, -0.05) is 11.6 Å². The van der Waals surface area contributed by atoms with Crippen molar-refractivity contribution in [3.8, 4) is 0 Å². The summed E-state index contributed by atoms with van der Waals surface area (Å²) in [4.78, 5) is 1.81. The molecule has 0 aromatic heterocycles. The van der Waals surface area contributed by atoms with Gasteiger partial charge in [0.05, 0.1) is 4.90 Å². The Hall–Kier alpha value is -1.70. The van der Waals surface area contributed by atoms with Crippen LogP contribution in [0.4, 0.5) is 14.5 Å². The minimum Gasteiger partial charge on any atom is -0.369 e. The molecule has 0 saturated carbocycles. The summed E-state index contributed by atoms with van der Waals surface area (Å²) in [6.07, 6.45) is 0. The van der Waals surface area contributed by atoms with Crippen LogP contribution in [0.2, 0.25) is 5.02 Å². The van der Waals surface area contributed by atoms with Crippen molar-refractivity contribution in [3.63, 3.8) is 0 Å². The third kappa shape index (κ3) is 3.38. The zero-order chi connectivity index (χ0) is 17.3. The molecule has 0 aliphatic carbocycles. The average Bonchev–Trinajstić information content (AvgIpc) is 2.58. The highest BCUT2D eigenvalue weighted by atomic mass is 35.5. The first-order chi connectivity index (χ1) is 11.4. The third-order valence-corrected chi connectivity index (χ3v) is 6.11. The highest BCUT2D eigenvalue weighted by molar-refractivity contribution is 7.89. The lowest BCUT2D eigenvalue weighted by Gasteiger charge is -2.35. The maximum absolute atomic E-state index is 13.3. The molecule has 1 heterocycles. The Morgan fingerprint density at radius 1 is 0.875 bits per heavy atom. The zero-order valence-corrected chi connectivity index (χ0v) is 14.2. The van der Waals surface area contributed by atoms with Gasteiger partial charge in [0.2, 0.25) is 10.0 Å². The van der Waals surface area contributed by atoms with Crippen molar-refractivity contribution in [3.05, 3.63) is 59.1 Å². The highest BCUT2D eigenvalue weighted by Gasteiger charge is 2.29. The Labute approximate surface area is 144 Å². The van der Waals surface area contributed by atoms with Crippen molar-refractivity contribution in [2.45, 2.75) is 4.90 Å². The van der Waals surface area contributed by atoms with Gasteiger partial charge in [0.1, 0.15) is 0 Å². The summed E-state index contributed by atoms with van der Waals surface area (Å²) in [6, 6.07) is 9.94. The molecule has 8 heteroatoms. The van der Waals surface area contributed by atoms with Gasteiger partial charge >= 0.3 is 0 Å². The Morgan fingerprint density at radius 2 is 1.50 bits per heavy atom. The van der Waals surface area contributed by atoms with Gasteiger partial charge in [-0.25, -0.2) is 17.2 Å². The number of sulfonamides is 1. The number of benzene rings is 2. The van der Waals surface area contributed by atoms with Gasteiger partial charge < -0.3 is 4.90 Å². The largest absolute Gasteiger partial charge is 0.369 e. The molecule has 0 unspecified atom stereocenters. The molecular weight excluding hydrogens is 358 g/mol. The van der Waals surface area contributed by atoms with Crippen LogP contribution in [0.1, 0.15) is 0 Å². The fraction of sp³-hybridized carbons (Fsp3) is 0.250. The Bertz CT molecular complexity index is 836. The average molecular weight is 373 g/mol. The fourth-order valence-electron chi connectivity index (χ4n) is 2.62. The van der Waals surface area contributed by atoms with Gasteiger partial charge in [-0.15, -0.1) is 0 Å². The van der Waals surface area contributed by atoms with Crippen molar-refractivity contribution in [2.75, 3.05) is 31.1 Å².